The van der Waals surface area contributed by atoms with Crippen molar-refractivity contribution in [3.63, 3.8) is 0 Å². The molecule has 0 radical (unpaired) electrons. The smallest absolute Gasteiger partial charge is 0.311 e. The predicted octanol–water partition coefficient (Wildman–Crippen LogP) is 4.81. The van der Waals surface area contributed by atoms with Gasteiger partial charge in [-0.25, -0.2) is 0 Å². The van der Waals surface area contributed by atoms with Gasteiger partial charge >= 0.3 is 5.97 Å². The van der Waals surface area contributed by atoms with Crippen LogP contribution in [0.3, 0.4) is 0 Å². The van der Waals surface area contributed by atoms with Crippen LogP contribution < -0.4 is 14.8 Å². The quantitative estimate of drug-likeness (QED) is 0.504. The number of esters is 1. The SMILES string of the molecule is CCCC(=O)Oc1cc2ccccc2cc1C(=O)Nc1ccccc1OC. The summed E-state index contributed by atoms with van der Waals surface area (Å²) in [5.41, 5.74) is 0.841. The van der Waals surface area contributed by atoms with Gasteiger partial charge in [-0.15, -0.1) is 0 Å². The Labute approximate surface area is 157 Å². The lowest BCUT2D eigenvalue weighted by atomic mass is 10.0. The first-order valence-electron chi connectivity index (χ1n) is 8.80. The molecule has 27 heavy (non-hydrogen) atoms. The second kappa shape index (κ2) is 8.36. The lowest BCUT2D eigenvalue weighted by molar-refractivity contribution is -0.134. The molecule has 3 aromatic carbocycles. The van der Waals surface area contributed by atoms with Crippen molar-refractivity contribution in [2.75, 3.05) is 12.4 Å². The van der Waals surface area contributed by atoms with E-state index in [1.54, 1.807) is 37.4 Å². The fourth-order valence-corrected chi connectivity index (χ4v) is 2.80. The zero-order valence-electron chi connectivity index (χ0n) is 15.3. The molecule has 1 amide bonds. The highest BCUT2D eigenvalue weighted by Gasteiger charge is 2.18. The molecule has 138 valence electrons. The monoisotopic (exact) mass is 363 g/mol. The highest BCUT2D eigenvalue weighted by atomic mass is 16.5. The van der Waals surface area contributed by atoms with Crippen LogP contribution in [0.2, 0.25) is 0 Å². The van der Waals surface area contributed by atoms with Crippen LogP contribution in [0.5, 0.6) is 11.5 Å². The van der Waals surface area contributed by atoms with Gasteiger partial charge in [-0.05, 0) is 41.5 Å². The molecule has 0 aliphatic carbocycles. The van der Waals surface area contributed by atoms with Crippen LogP contribution >= 0.6 is 0 Å². The number of methoxy groups -OCH3 is 1. The molecule has 0 heterocycles. The molecule has 0 saturated carbocycles. The van der Waals surface area contributed by atoms with Crippen LogP contribution in [0.15, 0.2) is 60.7 Å². The van der Waals surface area contributed by atoms with Crippen LogP contribution in [0.25, 0.3) is 10.8 Å². The third-order valence-corrected chi connectivity index (χ3v) is 4.13. The van der Waals surface area contributed by atoms with Crippen molar-refractivity contribution < 1.29 is 19.1 Å². The maximum Gasteiger partial charge on any atom is 0.311 e. The van der Waals surface area contributed by atoms with Gasteiger partial charge in [0.2, 0.25) is 0 Å². The molecule has 5 heteroatoms. The summed E-state index contributed by atoms with van der Waals surface area (Å²) < 4.78 is 10.8. The van der Waals surface area contributed by atoms with Gasteiger partial charge in [0.05, 0.1) is 18.4 Å². The van der Waals surface area contributed by atoms with E-state index in [0.29, 0.717) is 29.8 Å². The summed E-state index contributed by atoms with van der Waals surface area (Å²) >= 11 is 0. The van der Waals surface area contributed by atoms with Gasteiger partial charge in [-0.1, -0.05) is 43.3 Å². The Hall–Kier alpha value is -3.34. The highest BCUT2D eigenvalue weighted by Crippen LogP contribution is 2.29. The molecule has 3 rings (SSSR count). The fraction of sp³-hybridized carbons (Fsp3) is 0.182. The van der Waals surface area contributed by atoms with Crippen molar-refractivity contribution in [1.29, 1.82) is 0 Å². The molecule has 1 N–H and O–H groups in total. The molecule has 0 bridgehead atoms. The number of nitrogens with one attached hydrogen (secondary N) is 1. The van der Waals surface area contributed by atoms with Crippen molar-refractivity contribution in [3.8, 4) is 11.5 Å². The second-order valence-corrected chi connectivity index (χ2v) is 6.07. The number of benzene rings is 3. The summed E-state index contributed by atoms with van der Waals surface area (Å²) in [6.07, 6.45) is 0.968. The number of rotatable bonds is 6. The average Bonchev–Trinajstić information content (AvgIpc) is 2.68. The van der Waals surface area contributed by atoms with E-state index < -0.39 is 0 Å². The zero-order valence-corrected chi connectivity index (χ0v) is 15.3. The largest absolute Gasteiger partial charge is 0.495 e. The number of amides is 1. The Morgan fingerprint density at radius 3 is 2.30 bits per heavy atom. The minimum absolute atomic E-state index is 0.250. The van der Waals surface area contributed by atoms with E-state index in [9.17, 15) is 9.59 Å². The van der Waals surface area contributed by atoms with E-state index in [0.717, 1.165) is 10.8 Å². The third kappa shape index (κ3) is 4.26. The van der Waals surface area contributed by atoms with Crippen LogP contribution in [-0.2, 0) is 4.79 Å². The lowest BCUT2D eigenvalue weighted by Crippen LogP contribution is -2.16. The number of ether oxygens (including phenoxy) is 2. The van der Waals surface area contributed by atoms with E-state index in [1.807, 2.05) is 37.3 Å². The molecule has 5 nitrogen and oxygen atoms in total. The van der Waals surface area contributed by atoms with Crippen molar-refractivity contribution in [2.45, 2.75) is 19.8 Å². The van der Waals surface area contributed by atoms with Gasteiger partial charge in [-0.3, -0.25) is 9.59 Å². The van der Waals surface area contributed by atoms with E-state index in [4.69, 9.17) is 9.47 Å². The van der Waals surface area contributed by atoms with Crippen LogP contribution in [0.1, 0.15) is 30.1 Å². The lowest BCUT2D eigenvalue weighted by Gasteiger charge is -2.14. The predicted molar refractivity (Wildman–Crippen MR) is 105 cm³/mol. The van der Waals surface area contributed by atoms with Gasteiger partial charge in [-0.2, -0.15) is 0 Å². The normalized spacial score (nSPS) is 10.4. The molecule has 3 aromatic rings. The minimum atomic E-state index is -0.371. The van der Waals surface area contributed by atoms with Crippen LogP contribution in [0, 0.1) is 0 Å². The van der Waals surface area contributed by atoms with E-state index >= 15 is 0 Å². The number of carbonyl (C=O) groups excluding carboxylic acids is 2. The van der Waals surface area contributed by atoms with E-state index in [1.165, 1.54) is 0 Å². The maximum absolute atomic E-state index is 12.9. The number of para-hydroxylation sites is 2. The Balaban J connectivity index is 1.99. The van der Waals surface area contributed by atoms with Gasteiger partial charge in [0, 0.05) is 6.42 Å². The highest BCUT2D eigenvalue weighted by molar-refractivity contribution is 6.09. The fourth-order valence-electron chi connectivity index (χ4n) is 2.80. The molecule has 0 spiro atoms. The molecular weight excluding hydrogens is 342 g/mol. The number of hydrogen-bond acceptors (Lipinski definition) is 4. The number of carbonyl (C=O) groups is 2. The summed E-state index contributed by atoms with van der Waals surface area (Å²) in [5.74, 6) is 0.0689. The summed E-state index contributed by atoms with van der Waals surface area (Å²) in [5, 5.41) is 4.61. The summed E-state index contributed by atoms with van der Waals surface area (Å²) in [6.45, 7) is 1.90. The standard InChI is InChI=1S/C22H21NO4/c1-3-8-21(24)27-20-14-16-10-5-4-9-15(16)13-17(20)22(25)23-18-11-6-7-12-19(18)26-2/h4-7,9-14H,3,8H2,1-2H3,(H,23,25). The van der Waals surface area contributed by atoms with E-state index in [2.05, 4.69) is 5.32 Å². The van der Waals surface area contributed by atoms with Crippen molar-refractivity contribution in [2.24, 2.45) is 0 Å². The van der Waals surface area contributed by atoms with Gasteiger partial charge in [0.25, 0.3) is 5.91 Å². The molecule has 0 saturated heterocycles. The second-order valence-electron chi connectivity index (χ2n) is 6.07. The Morgan fingerprint density at radius 1 is 0.926 bits per heavy atom. The van der Waals surface area contributed by atoms with Gasteiger partial charge < -0.3 is 14.8 Å². The Kier molecular flexibility index (Phi) is 5.71. The van der Waals surface area contributed by atoms with Crippen LogP contribution in [-0.4, -0.2) is 19.0 Å². The first kappa shape index (κ1) is 18.5. The van der Waals surface area contributed by atoms with Crippen LogP contribution in [0.4, 0.5) is 5.69 Å². The number of anilines is 1. The van der Waals surface area contributed by atoms with Crippen molar-refractivity contribution >= 4 is 28.3 Å². The van der Waals surface area contributed by atoms with Crippen molar-refractivity contribution in [3.05, 3.63) is 66.2 Å². The minimum Gasteiger partial charge on any atom is -0.495 e. The average molecular weight is 363 g/mol. The molecular formula is C22H21NO4. The maximum atomic E-state index is 12.9. The topological polar surface area (TPSA) is 64.6 Å². The summed E-state index contributed by atoms with van der Waals surface area (Å²) in [6, 6.07) is 18.2. The third-order valence-electron chi connectivity index (χ3n) is 4.13. The molecule has 0 fully saturated rings. The zero-order chi connectivity index (χ0) is 19.2. The van der Waals surface area contributed by atoms with Crippen molar-refractivity contribution in [1.82, 2.24) is 0 Å². The van der Waals surface area contributed by atoms with E-state index in [-0.39, 0.29) is 17.6 Å². The first-order valence-corrected chi connectivity index (χ1v) is 8.80. The Morgan fingerprint density at radius 2 is 1.59 bits per heavy atom. The Bertz CT molecular complexity index is 981. The summed E-state index contributed by atoms with van der Waals surface area (Å²) in [7, 11) is 1.54. The van der Waals surface area contributed by atoms with Gasteiger partial charge in [0.1, 0.15) is 11.5 Å². The summed E-state index contributed by atoms with van der Waals surface area (Å²) in [4.78, 5) is 24.9. The molecule has 0 aliphatic rings. The number of fused-ring (bicyclic) bond motifs is 1. The molecule has 0 unspecified atom stereocenters. The first-order chi connectivity index (χ1) is 13.1. The number of hydrogen-bond donors (Lipinski definition) is 1. The molecule has 0 aromatic heterocycles. The molecule has 0 aliphatic heterocycles. The van der Waals surface area contributed by atoms with Gasteiger partial charge in [0.15, 0.2) is 0 Å². The molecule has 0 atom stereocenters.